The highest BCUT2D eigenvalue weighted by Crippen LogP contribution is 2.20. The van der Waals surface area contributed by atoms with E-state index >= 15 is 0 Å². The summed E-state index contributed by atoms with van der Waals surface area (Å²) in [6, 6.07) is 3.79. The van der Waals surface area contributed by atoms with Gasteiger partial charge in [0.1, 0.15) is 5.82 Å². The highest BCUT2D eigenvalue weighted by atomic mass is 35.5. The Morgan fingerprint density at radius 3 is 2.55 bits per heavy atom. The Balaban J connectivity index is 2.97. The van der Waals surface area contributed by atoms with E-state index in [2.05, 4.69) is 4.74 Å². The van der Waals surface area contributed by atoms with Crippen LogP contribution in [0, 0.1) is 5.82 Å². The summed E-state index contributed by atoms with van der Waals surface area (Å²) in [5.74, 6) is -1.03. The zero-order chi connectivity index (χ0) is 15.3. The van der Waals surface area contributed by atoms with Crippen molar-refractivity contribution < 1.29 is 17.9 Å². The molecule has 1 aromatic carbocycles. The number of ether oxygens (including phenoxy) is 1. The van der Waals surface area contributed by atoms with Gasteiger partial charge in [0.2, 0.25) is 5.88 Å². The van der Waals surface area contributed by atoms with Gasteiger partial charge in [0.25, 0.3) is 6.43 Å². The molecule has 0 aromatic heterocycles. The van der Waals surface area contributed by atoms with E-state index in [1.54, 1.807) is 0 Å². The van der Waals surface area contributed by atoms with Gasteiger partial charge in [-0.15, -0.1) is 0 Å². The maximum Gasteiger partial charge on any atom is 0.272 e. The molecular weight excluding hydrogens is 295 g/mol. The first-order chi connectivity index (χ1) is 9.31. The molecule has 0 saturated carbocycles. The quantitative estimate of drug-likeness (QED) is 0.574. The number of alkyl halides is 2. The van der Waals surface area contributed by atoms with Gasteiger partial charge in [-0.05, 0) is 24.3 Å². The number of halogens is 4. The van der Waals surface area contributed by atoms with Crippen LogP contribution in [-0.2, 0) is 4.74 Å². The van der Waals surface area contributed by atoms with Crippen molar-refractivity contribution in [1.29, 1.82) is 0 Å². The fraction of sp³-hybridized carbons (Fsp3) is 0.167. The van der Waals surface area contributed by atoms with Crippen LogP contribution in [-0.4, -0.2) is 13.0 Å². The van der Waals surface area contributed by atoms with E-state index in [1.807, 2.05) is 0 Å². The van der Waals surface area contributed by atoms with Gasteiger partial charge in [-0.25, -0.2) is 13.2 Å². The fourth-order valence-corrected chi connectivity index (χ4v) is 1.44. The second kappa shape index (κ2) is 6.95. The van der Waals surface area contributed by atoms with Gasteiger partial charge in [-0.3, -0.25) is 0 Å². The third-order valence-corrected chi connectivity index (χ3v) is 2.43. The number of allylic oxidation sites excluding steroid dienone is 1. The van der Waals surface area contributed by atoms with Crippen molar-refractivity contribution in [1.82, 2.24) is 0 Å². The maximum atomic E-state index is 13.5. The zero-order valence-electron chi connectivity index (χ0n) is 10.2. The molecule has 1 rings (SSSR count). The molecule has 0 spiro atoms. The SMILES string of the molecule is N/C(=C\C(N)=C(/N)OCC(F)F)c1cc(Cl)ccc1F. The second-order valence-electron chi connectivity index (χ2n) is 3.75. The molecule has 0 aliphatic rings. The first-order valence-electron chi connectivity index (χ1n) is 5.40. The third kappa shape index (κ3) is 4.58. The van der Waals surface area contributed by atoms with Gasteiger partial charge in [-0.1, -0.05) is 11.6 Å². The fourth-order valence-electron chi connectivity index (χ4n) is 1.27. The number of rotatable bonds is 5. The molecule has 0 amide bonds. The monoisotopic (exact) mass is 307 g/mol. The molecule has 0 aliphatic carbocycles. The highest BCUT2D eigenvalue weighted by molar-refractivity contribution is 6.30. The molecule has 0 heterocycles. The zero-order valence-corrected chi connectivity index (χ0v) is 11.0. The Hall–Kier alpha value is -2.02. The molecule has 1 aromatic rings. The van der Waals surface area contributed by atoms with Crippen molar-refractivity contribution in [3.05, 3.63) is 52.3 Å². The van der Waals surface area contributed by atoms with Gasteiger partial charge < -0.3 is 21.9 Å². The predicted octanol–water partition coefficient (Wildman–Crippen LogP) is 2.15. The van der Waals surface area contributed by atoms with E-state index < -0.39 is 24.7 Å². The Morgan fingerprint density at radius 1 is 1.30 bits per heavy atom. The van der Waals surface area contributed by atoms with Crippen LogP contribution >= 0.6 is 11.6 Å². The lowest BCUT2D eigenvalue weighted by molar-refractivity contribution is 0.0470. The smallest absolute Gasteiger partial charge is 0.272 e. The molecule has 8 heteroatoms. The maximum absolute atomic E-state index is 13.5. The highest BCUT2D eigenvalue weighted by Gasteiger charge is 2.09. The van der Waals surface area contributed by atoms with Crippen LogP contribution in [0.5, 0.6) is 0 Å². The standard InChI is InChI=1S/C12H13ClF3N3O/c13-6-1-2-8(14)7(3-6)9(17)4-10(18)12(19)20-5-11(15)16/h1-4,11H,5,17-19H2/b9-4-,12-10-. The van der Waals surface area contributed by atoms with E-state index in [-0.39, 0.29) is 22.0 Å². The van der Waals surface area contributed by atoms with Crippen molar-refractivity contribution in [3.8, 4) is 0 Å². The van der Waals surface area contributed by atoms with Crippen molar-refractivity contribution in [2.24, 2.45) is 17.2 Å². The Bertz CT molecular complexity index is 547. The minimum absolute atomic E-state index is 0.0158. The van der Waals surface area contributed by atoms with E-state index in [0.717, 1.165) is 12.1 Å². The minimum atomic E-state index is -2.69. The molecule has 0 atom stereocenters. The van der Waals surface area contributed by atoms with Gasteiger partial charge >= 0.3 is 0 Å². The van der Waals surface area contributed by atoms with Crippen LogP contribution in [0.25, 0.3) is 5.70 Å². The van der Waals surface area contributed by atoms with Crippen LogP contribution in [0.3, 0.4) is 0 Å². The topological polar surface area (TPSA) is 87.3 Å². The average molecular weight is 308 g/mol. The Kier molecular flexibility index (Phi) is 5.57. The third-order valence-electron chi connectivity index (χ3n) is 2.20. The molecule has 6 N–H and O–H groups in total. The van der Waals surface area contributed by atoms with E-state index in [0.29, 0.717) is 0 Å². The molecular formula is C12H13ClF3N3O. The van der Waals surface area contributed by atoms with E-state index in [1.165, 1.54) is 12.1 Å². The molecule has 0 unspecified atom stereocenters. The molecule has 0 fully saturated rings. The Labute approximate surface area is 118 Å². The second-order valence-corrected chi connectivity index (χ2v) is 4.18. The molecule has 4 nitrogen and oxygen atoms in total. The van der Waals surface area contributed by atoms with Crippen LogP contribution in [0.2, 0.25) is 5.02 Å². The summed E-state index contributed by atoms with van der Waals surface area (Å²) in [6.07, 6.45) is -1.58. The lowest BCUT2D eigenvalue weighted by Crippen LogP contribution is -2.16. The van der Waals surface area contributed by atoms with E-state index in [9.17, 15) is 13.2 Å². The molecule has 0 saturated heterocycles. The average Bonchev–Trinajstić information content (AvgIpc) is 2.38. The van der Waals surface area contributed by atoms with Crippen molar-refractivity contribution in [2.75, 3.05) is 6.61 Å². The summed E-state index contributed by atoms with van der Waals surface area (Å²) in [4.78, 5) is 0. The lowest BCUT2D eigenvalue weighted by atomic mass is 10.1. The van der Waals surface area contributed by atoms with Gasteiger partial charge in [0.15, 0.2) is 6.61 Å². The number of benzene rings is 1. The number of nitrogens with two attached hydrogens (primary N) is 3. The van der Waals surface area contributed by atoms with Gasteiger partial charge in [0, 0.05) is 16.3 Å². The number of hydrogen-bond acceptors (Lipinski definition) is 4. The van der Waals surface area contributed by atoms with Crippen molar-refractivity contribution in [3.63, 3.8) is 0 Å². The van der Waals surface area contributed by atoms with Crippen LogP contribution in [0.4, 0.5) is 13.2 Å². The number of hydrogen-bond donors (Lipinski definition) is 3. The summed E-state index contributed by atoms with van der Waals surface area (Å²) in [5.41, 5.74) is 16.3. The Morgan fingerprint density at radius 2 is 1.95 bits per heavy atom. The van der Waals surface area contributed by atoms with Crippen molar-refractivity contribution >= 4 is 17.3 Å². The van der Waals surface area contributed by atoms with E-state index in [4.69, 9.17) is 28.8 Å². The van der Waals surface area contributed by atoms with Gasteiger partial charge in [0.05, 0.1) is 5.70 Å². The summed E-state index contributed by atoms with van der Waals surface area (Å²) in [5, 5.41) is 0.280. The van der Waals surface area contributed by atoms with Crippen molar-refractivity contribution in [2.45, 2.75) is 6.43 Å². The normalized spacial score (nSPS) is 13.3. The molecule has 0 bridgehead atoms. The van der Waals surface area contributed by atoms with Crippen LogP contribution in [0.15, 0.2) is 35.9 Å². The van der Waals surface area contributed by atoms with Crippen LogP contribution in [0.1, 0.15) is 5.56 Å². The minimum Gasteiger partial charge on any atom is -0.472 e. The summed E-state index contributed by atoms with van der Waals surface area (Å²) < 4.78 is 41.9. The summed E-state index contributed by atoms with van der Waals surface area (Å²) in [6.45, 7) is -0.897. The molecule has 110 valence electrons. The molecule has 0 radical (unpaired) electrons. The molecule has 20 heavy (non-hydrogen) atoms. The lowest BCUT2D eigenvalue weighted by Gasteiger charge is -2.08. The van der Waals surface area contributed by atoms with Gasteiger partial charge in [-0.2, -0.15) is 0 Å². The predicted molar refractivity (Wildman–Crippen MR) is 70.9 cm³/mol. The first kappa shape index (κ1) is 16.0. The summed E-state index contributed by atoms with van der Waals surface area (Å²) >= 11 is 5.72. The van der Waals surface area contributed by atoms with Crippen LogP contribution < -0.4 is 17.2 Å². The first-order valence-corrected chi connectivity index (χ1v) is 5.77. The largest absolute Gasteiger partial charge is 0.472 e. The summed E-state index contributed by atoms with van der Waals surface area (Å²) in [7, 11) is 0. The molecule has 0 aliphatic heterocycles.